The highest BCUT2D eigenvalue weighted by atomic mass is 79.9. The van der Waals surface area contributed by atoms with Crippen LogP contribution in [0.1, 0.15) is 22.3 Å². The van der Waals surface area contributed by atoms with Crippen LogP contribution in [0.4, 0.5) is 14.5 Å². The summed E-state index contributed by atoms with van der Waals surface area (Å²) in [7, 11) is 0. The molecule has 2 aromatic rings. The fraction of sp³-hybridized carbons (Fsp3) is 0.188. The van der Waals surface area contributed by atoms with Crippen molar-refractivity contribution in [2.24, 2.45) is 0 Å². The Morgan fingerprint density at radius 2 is 1.81 bits per heavy atom. The molecule has 0 fully saturated rings. The molecule has 0 N–H and O–H groups in total. The molecule has 0 atom stereocenters. The highest BCUT2D eigenvalue weighted by molar-refractivity contribution is 9.10. The highest BCUT2D eigenvalue weighted by Crippen LogP contribution is 2.31. The molecule has 2 aromatic carbocycles. The topological polar surface area (TPSA) is 20.3 Å². The first kappa shape index (κ1) is 14.2. The van der Waals surface area contributed by atoms with Gasteiger partial charge < -0.3 is 4.90 Å². The van der Waals surface area contributed by atoms with E-state index in [-0.39, 0.29) is 11.5 Å². The van der Waals surface area contributed by atoms with Crippen LogP contribution in [-0.2, 0) is 6.42 Å². The van der Waals surface area contributed by atoms with Crippen molar-refractivity contribution in [3.05, 3.63) is 63.6 Å². The second-order valence-corrected chi connectivity index (χ2v) is 5.91. The van der Waals surface area contributed by atoms with Crippen LogP contribution >= 0.6 is 15.9 Å². The fourth-order valence-corrected chi connectivity index (χ4v) is 3.02. The van der Waals surface area contributed by atoms with Crippen LogP contribution in [0.15, 0.2) is 40.9 Å². The number of hydrogen-bond donors (Lipinski definition) is 0. The molecule has 0 aliphatic carbocycles. The Kier molecular flexibility index (Phi) is 3.76. The van der Waals surface area contributed by atoms with Crippen LogP contribution in [0.5, 0.6) is 0 Å². The van der Waals surface area contributed by atoms with Gasteiger partial charge in [0.15, 0.2) is 0 Å². The number of anilines is 1. The summed E-state index contributed by atoms with van der Waals surface area (Å²) >= 11 is 3.41. The summed E-state index contributed by atoms with van der Waals surface area (Å²) in [6.07, 6.45) is 1.71. The number of benzene rings is 2. The highest BCUT2D eigenvalue weighted by Gasteiger charge is 2.24. The molecule has 0 saturated heterocycles. The molecule has 0 aromatic heterocycles. The zero-order chi connectivity index (χ0) is 15.0. The first-order chi connectivity index (χ1) is 10.0. The molecule has 0 unspecified atom stereocenters. The minimum Gasteiger partial charge on any atom is -0.308 e. The van der Waals surface area contributed by atoms with E-state index in [1.54, 1.807) is 4.90 Å². The van der Waals surface area contributed by atoms with Gasteiger partial charge in [-0.2, -0.15) is 0 Å². The predicted octanol–water partition coefficient (Wildman–Crippen LogP) is 4.32. The average molecular weight is 352 g/mol. The lowest BCUT2D eigenvalue weighted by Gasteiger charge is -2.29. The molecule has 108 valence electrons. The number of amides is 1. The molecular weight excluding hydrogens is 340 g/mol. The summed E-state index contributed by atoms with van der Waals surface area (Å²) in [6.45, 7) is 0.547. The molecule has 3 rings (SSSR count). The SMILES string of the molecule is O=C(c1cc(F)cc(F)c1)N1CCCc2cc(Br)ccc21. The quantitative estimate of drug-likeness (QED) is 0.749. The Morgan fingerprint density at radius 1 is 1.10 bits per heavy atom. The number of aryl methyl sites for hydroxylation is 1. The van der Waals surface area contributed by atoms with Crippen molar-refractivity contribution < 1.29 is 13.6 Å². The third-order valence-corrected chi connectivity index (χ3v) is 4.01. The third kappa shape index (κ3) is 2.83. The molecule has 21 heavy (non-hydrogen) atoms. The van der Waals surface area contributed by atoms with Crippen LogP contribution in [-0.4, -0.2) is 12.5 Å². The summed E-state index contributed by atoms with van der Waals surface area (Å²) in [5, 5.41) is 0. The Hall–Kier alpha value is -1.75. The zero-order valence-electron chi connectivity index (χ0n) is 11.1. The van der Waals surface area contributed by atoms with E-state index in [0.29, 0.717) is 6.54 Å². The first-order valence-electron chi connectivity index (χ1n) is 6.61. The number of halogens is 3. The minimum absolute atomic E-state index is 0.0308. The van der Waals surface area contributed by atoms with Crippen molar-refractivity contribution in [3.8, 4) is 0 Å². The molecule has 5 heteroatoms. The summed E-state index contributed by atoms with van der Waals surface area (Å²) in [5.74, 6) is -1.87. The van der Waals surface area contributed by atoms with Crippen molar-refractivity contribution in [1.29, 1.82) is 0 Å². The standard InChI is InChI=1S/C16H12BrF2NO/c17-12-3-4-15-10(6-12)2-1-5-20(15)16(21)11-7-13(18)9-14(19)8-11/h3-4,6-9H,1-2,5H2. The molecule has 0 saturated carbocycles. The summed E-state index contributed by atoms with van der Waals surface area (Å²) in [6, 6.07) is 8.58. The maximum Gasteiger partial charge on any atom is 0.258 e. The van der Waals surface area contributed by atoms with Gasteiger partial charge >= 0.3 is 0 Å². The van der Waals surface area contributed by atoms with Gasteiger partial charge in [0.1, 0.15) is 11.6 Å². The molecule has 2 nitrogen and oxygen atoms in total. The Balaban J connectivity index is 2.00. The average Bonchev–Trinajstić information content (AvgIpc) is 2.44. The lowest BCUT2D eigenvalue weighted by Crippen LogP contribution is -2.35. The molecule has 0 spiro atoms. The lowest BCUT2D eigenvalue weighted by molar-refractivity contribution is 0.0984. The summed E-state index contributed by atoms with van der Waals surface area (Å²) in [4.78, 5) is 14.1. The van der Waals surface area contributed by atoms with E-state index >= 15 is 0 Å². The number of hydrogen-bond acceptors (Lipinski definition) is 1. The number of nitrogens with zero attached hydrogens (tertiary/aromatic N) is 1. The van der Waals surface area contributed by atoms with E-state index in [2.05, 4.69) is 15.9 Å². The van der Waals surface area contributed by atoms with Crippen LogP contribution < -0.4 is 4.90 Å². The second-order valence-electron chi connectivity index (χ2n) is 4.99. The number of carbonyl (C=O) groups is 1. The third-order valence-electron chi connectivity index (χ3n) is 3.51. The minimum atomic E-state index is -0.744. The van der Waals surface area contributed by atoms with Crippen molar-refractivity contribution in [2.45, 2.75) is 12.8 Å². The maximum absolute atomic E-state index is 13.3. The lowest BCUT2D eigenvalue weighted by atomic mass is 10.0. The largest absolute Gasteiger partial charge is 0.308 e. The molecular formula is C16H12BrF2NO. The Labute approximate surface area is 129 Å². The Morgan fingerprint density at radius 3 is 2.52 bits per heavy atom. The molecule has 0 bridgehead atoms. The van der Waals surface area contributed by atoms with Gasteiger partial charge in [0, 0.05) is 28.3 Å². The molecule has 1 amide bonds. The molecule has 0 radical (unpaired) electrons. The van der Waals surface area contributed by atoms with E-state index in [1.165, 1.54) is 0 Å². The number of fused-ring (bicyclic) bond motifs is 1. The van der Waals surface area contributed by atoms with Crippen LogP contribution in [0.2, 0.25) is 0 Å². The summed E-state index contributed by atoms with van der Waals surface area (Å²) in [5.41, 5.74) is 1.89. The van der Waals surface area contributed by atoms with Gasteiger partial charge in [-0.15, -0.1) is 0 Å². The van der Waals surface area contributed by atoms with E-state index in [9.17, 15) is 13.6 Å². The molecule has 1 aliphatic rings. The van der Waals surface area contributed by atoms with Crippen LogP contribution in [0, 0.1) is 11.6 Å². The van der Waals surface area contributed by atoms with Crippen molar-refractivity contribution >= 4 is 27.5 Å². The van der Waals surface area contributed by atoms with E-state index in [1.807, 2.05) is 18.2 Å². The van der Waals surface area contributed by atoms with Crippen LogP contribution in [0.25, 0.3) is 0 Å². The first-order valence-corrected chi connectivity index (χ1v) is 7.40. The predicted molar refractivity (Wildman–Crippen MR) is 80.5 cm³/mol. The van der Waals surface area contributed by atoms with Gasteiger partial charge in [-0.05, 0) is 48.7 Å². The van der Waals surface area contributed by atoms with Gasteiger partial charge in [0.2, 0.25) is 0 Å². The molecule has 1 heterocycles. The fourth-order valence-electron chi connectivity index (χ4n) is 2.61. The summed E-state index contributed by atoms with van der Waals surface area (Å²) < 4.78 is 27.5. The van der Waals surface area contributed by atoms with Crippen LogP contribution in [0.3, 0.4) is 0 Å². The van der Waals surface area contributed by atoms with E-state index < -0.39 is 11.6 Å². The smallest absolute Gasteiger partial charge is 0.258 e. The van der Waals surface area contributed by atoms with E-state index in [0.717, 1.165) is 46.8 Å². The second kappa shape index (κ2) is 5.56. The number of rotatable bonds is 1. The van der Waals surface area contributed by atoms with Gasteiger partial charge in [0.25, 0.3) is 5.91 Å². The van der Waals surface area contributed by atoms with Gasteiger partial charge in [-0.3, -0.25) is 4.79 Å². The van der Waals surface area contributed by atoms with Gasteiger partial charge in [-0.25, -0.2) is 8.78 Å². The monoisotopic (exact) mass is 351 g/mol. The van der Waals surface area contributed by atoms with Gasteiger partial charge in [0.05, 0.1) is 0 Å². The normalized spacial score (nSPS) is 14.0. The Bertz CT molecular complexity index is 697. The number of carbonyl (C=O) groups excluding carboxylic acids is 1. The van der Waals surface area contributed by atoms with Crippen molar-refractivity contribution in [2.75, 3.05) is 11.4 Å². The molecule has 1 aliphatic heterocycles. The van der Waals surface area contributed by atoms with E-state index in [4.69, 9.17) is 0 Å². The maximum atomic E-state index is 13.3. The van der Waals surface area contributed by atoms with Crippen molar-refractivity contribution in [3.63, 3.8) is 0 Å². The zero-order valence-corrected chi connectivity index (χ0v) is 12.7. The van der Waals surface area contributed by atoms with Crippen molar-refractivity contribution in [1.82, 2.24) is 0 Å². The van der Waals surface area contributed by atoms with Gasteiger partial charge in [-0.1, -0.05) is 15.9 Å².